The molecule has 25 heavy (non-hydrogen) atoms. The van der Waals surface area contributed by atoms with Gasteiger partial charge < -0.3 is 20.7 Å². The van der Waals surface area contributed by atoms with E-state index in [2.05, 4.69) is 19.2 Å². The van der Waals surface area contributed by atoms with E-state index < -0.39 is 0 Å². The van der Waals surface area contributed by atoms with Crippen LogP contribution in [0.25, 0.3) is 0 Å². The minimum absolute atomic E-state index is 0.0397. The molecule has 1 saturated carbocycles. The van der Waals surface area contributed by atoms with Crippen LogP contribution in [0.4, 0.5) is 0 Å². The van der Waals surface area contributed by atoms with Gasteiger partial charge in [-0.3, -0.25) is 9.59 Å². The van der Waals surface area contributed by atoms with E-state index >= 15 is 0 Å². The number of carbonyl (C=O) groups is 2. The van der Waals surface area contributed by atoms with Gasteiger partial charge in [0.15, 0.2) is 0 Å². The molecule has 2 rings (SSSR count). The third-order valence-electron chi connectivity index (χ3n) is 5.80. The fourth-order valence-electron chi connectivity index (χ4n) is 4.07. The first-order valence-corrected chi connectivity index (χ1v) is 9.79. The monoisotopic (exact) mass is 353 g/mol. The van der Waals surface area contributed by atoms with Gasteiger partial charge >= 0.3 is 0 Å². The number of likely N-dealkylation sites (tertiary alicyclic amines) is 1. The van der Waals surface area contributed by atoms with Crippen molar-refractivity contribution in [1.82, 2.24) is 10.2 Å². The van der Waals surface area contributed by atoms with E-state index in [1.54, 1.807) is 0 Å². The van der Waals surface area contributed by atoms with Gasteiger partial charge in [0.25, 0.3) is 0 Å². The molecule has 2 aliphatic rings. The van der Waals surface area contributed by atoms with Crippen LogP contribution in [0.2, 0.25) is 0 Å². The Morgan fingerprint density at radius 3 is 2.48 bits per heavy atom. The molecule has 1 aliphatic heterocycles. The maximum absolute atomic E-state index is 12.4. The van der Waals surface area contributed by atoms with Gasteiger partial charge in [0, 0.05) is 19.5 Å². The van der Waals surface area contributed by atoms with Gasteiger partial charge in [-0.05, 0) is 50.4 Å². The SMILES string of the molecule is CC(=O)NCC(=O)N1CCC[C@H](N)[C@@H]1COC1CCC(C(C)C)CC1. The molecule has 0 bridgehead atoms. The topological polar surface area (TPSA) is 84.7 Å². The summed E-state index contributed by atoms with van der Waals surface area (Å²) in [5.41, 5.74) is 6.28. The Bertz CT molecular complexity index is 447. The van der Waals surface area contributed by atoms with E-state index in [-0.39, 0.29) is 36.5 Å². The molecular weight excluding hydrogens is 318 g/mol. The van der Waals surface area contributed by atoms with Crippen molar-refractivity contribution in [2.45, 2.75) is 77.5 Å². The van der Waals surface area contributed by atoms with Crippen molar-refractivity contribution in [3.8, 4) is 0 Å². The average molecular weight is 354 g/mol. The second kappa shape index (κ2) is 9.53. The number of rotatable bonds is 6. The highest BCUT2D eigenvalue weighted by Gasteiger charge is 2.33. The number of hydrogen-bond acceptors (Lipinski definition) is 4. The highest BCUT2D eigenvalue weighted by atomic mass is 16.5. The highest BCUT2D eigenvalue weighted by molar-refractivity contribution is 5.84. The number of nitrogens with two attached hydrogens (primary N) is 1. The summed E-state index contributed by atoms with van der Waals surface area (Å²) >= 11 is 0. The van der Waals surface area contributed by atoms with Crippen molar-refractivity contribution in [2.24, 2.45) is 17.6 Å². The maximum atomic E-state index is 12.4. The predicted octanol–water partition coefficient (Wildman–Crippen LogP) is 1.67. The summed E-state index contributed by atoms with van der Waals surface area (Å²) in [5, 5.41) is 2.59. The number of nitrogens with one attached hydrogen (secondary N) is 1. The standard InChI is InChI=1S/C19H35N3O3/c1-13(2)15-6-8-16(9-7-15)25-12-18-17(20)5-4-10-22(18)19(24)11-21-14(3)23/h13,15-18H,4-12,20H2,1-3H3,(H,21,23)/t15?,16?,17-,18-/m0/s1. The molecule has 1 aliphatic carbocycles. The van der Waals surface area contributed by atoms with Crippen LogP contribution >= 0.6 is 0 Å². The fourth-order valence-corrected chi connectivity index (χ4v) is 4.07. The molecule has 1 heterocycles. The summed E-state index contributed by atoms with van der Waals surface area (Å²) in [6.45, 7) is 7.25. The van der Waals surface area contributed by atoms with E-state index in [0.717, 1.165) is 37.5 Å². The lowest BCUT2D eigenvalue weighted by Crippen LogP contribution is -2.58. The van der Waals surface area contributed by atoms with Gasteiger partial charge in [-0.15, -0.1) is 0 Å². The predicted molar refractivity (Wildman–Crippen MR) is 97.9 cm³/mol. The van der Waals surface area contributed by atoms with Crippen LogP contribution in [-0.4, -0.2) is 54.6 Å². The van der Waals surface area contributed by atoms with Gasteiger partial charge in [-0.2, -0.15) is 0 Å². The molecule has 0 radical (unpaired) electrons. The maximum Gasteiger partial charge on any atom is 0.242 e. The van der Waals surface area contributed by atoms with Crippen LogP contribution in [-0.2, 0) is 14.3 Å². The van der Waals surface area contributed by atoms with Crippen LogP contribution in [0, 0.1) is 11.8 Å². The molecular formula is C19H35N3O3. The molecule has 0 unspecified atom stereocenters. The molecule has 0 aromatic rings. The first-order chi connectivity index (χ1) is 11.9. The summed E-state index contributed by atoms with van der Waals surface area (Å²) in [4.78, 5) is 25.3. The second-order valence-corrected chi connectivity index (χ2v) is 7.98. The number of carbonyl (C=O) groups excluding carboxylic acids is 2. The Morgan fingerprint density at radius 2 is 1.88 bits per heavy atom. The summed E-state index contributed by atoms with van der Waals surface area (Å²) in [5.74, 6) is 1.30. The minimum atomic E-state index is -0.190. The van der Waals surface area contributed by atoms with Crippen molar-refractivity contribution in [3.05, 3.63) is 0 Å². The minimum Gasteiger partial charge on any atom is -0.376 e. The molecule has 0 aromatic carbocycles. The molecule has 3 N–H and O–H groups in total. The Labute approximate surface area is 151 Å². The summed E-state index contributed by atoms with van der Waals surface area (Å²) in [7, 11) is 0. The van der Waals surface area contributed by atoms with Gasteiger partial charge in [-0.25, -0.2) is 0 Å². The fraction of sp³-hybridized carbons (Fsp3) is 0.895. The molecule has 1 saturated heterocycles. The zero-order chi connectivity index (χ0) is 18.4. The second-order valence-electron chi connectivity index (χ2n) is 7.98. The Balaban J connectivity index is 1.84. The number of amides is 2. The van der Waals surface area contributed by atoms with Crippen LogP contribution in [0.15, 0.2) is 0 Å². The lowest BCUT2D eigenvalue weighted by molar-refractivity contribution is -0.138. The zero-order valence-corrected chi connectivity index (χ0v) is 16.0. The van der Waals surface area contributed by atoms with Crippen LogP contribution < -0.4 is 11.1 Å². The van der Waals surface area contributed by atoms with Crippen molar-refractivity contribution in [3.63, 3.8) is 0 Å². The van der Waals surface area contributed by atoms with Crippen molar-refractivity contribution < 1.29 is 14.3 Å². The smallest absolute Gasteiger partial charge is 0.242 e. The normalized spacial score (nSPS) is 30.4. The number of nitrogens with zero attached hydrogens (tertiary/aromatic N) is 1. The third kappa shape index (κ3) is 5.96. The summed E-state index contributed by atoms with van der Waals surface area (Å²) in [6, 6.07) is -0.139. The number of ether oxygens (including phenoxy) is 1. The van der Waals surface area contributed by atoms with Gasteiger partial charge in [0.05, 0.1) is 25.3 Å². The lowest BCUT2D eigenvalue weighted by Gasteiger charge is -2.41. The average Bonchev–Trinajstić information content (AvgIpc) is 2.58. The quantitative estimate of drug-likeness (QED) is 0.761. The first-order valence-electron chi connectivity index (χ1n) is 9.79. The molecule has 2 amide bonds. The van der Waals surface area contributed by atoms with E-state index in [4.69, 9.17) is 10.5 Å². The molecule has 6 heteroatoms. The molecule has 2 fully saturated rings. The third-order valence-corrected chi connectivity index (χ3v) is 5.80. The summed E-state index contributed by atoms with van der Waals surface area (Å²) in [6.07, 6.45) is 6.77. The zero-order valence-electron chi connectivity index (χ0n) is 16.0. The van der Waals surface area contributed by atoms with Gasteiger partial charge in [0.1, 0.15) is 0 Å². The molecule has 0 aromatic heterocycles. The van der Waals surface area contributed by atoms with Gasteiger partial charge in [-0.1, -0.05) is 13.8 Å². The van der Waals surface area contributed by atoms with Gasteiger partial charge in [0.2, 0.25) is 11.8 Å². The van der Waals surface area contributed by atoms with E-state index in [9.17, 15) is 9.59 Å². The Morgan fingerprint density at radius 1 is 1.20 bits per heavy atom. The van der Waals surface area contributed by atoms with Crippen molar-refractivity contribution >= 4 is 11.8 Å². The molecule has 0 spiro atoms. The number of piperidine rings is 1. The van der Waals surface area contributed by atoms with Crippen molar-refractivity contribution in [2.75, 3.05) is 19.7 Å². The highest BCUT2D eigenvalue weighted by Crippen LogP contribution is 2.31. The van der Waals surface area contributed by atoms with E-state index in [0.29, 0.717) is 13.2 Å². The van der Waals surface area contributed by atoms with Crippen LogP contribution in [0.5, 0.6) is 0 Å². The summed E-state index contributed by atoms with van der Waals surface area (Å²) < 4.78 is 6.17. The van der Waals surface area contributed by atoms with Crippen molar-refractivity contribution in [1.29, 1.82) is 0 Å². The molecule has 2 atom stereocenters. The van der Waals surface area contributed by atoms with Crippen LogP contribution in [0.1, 0.15) is 59.3 Å². The largest absolute Gasteiger partial charge is 0.376 e. The van der Waals surface area contributed by atoms with E-state index in [1.807, 2.05) is 4.90 Å². The Kier molecular flexibility index (Phi) is 7.69. The Hall–Kier alpha value is -1.14. The molecule has 144 valence electrons. The van der Waals surface area contributed by atoms with E-state index in [1.165, 1.54) is 19.8 Å². The first kappa shape index (κ1) is 20.2. The molecule has 6 nitrogen and oxygen atoms in total. The van der Waals surface area contributed by atoms with Crippen LogP contribution in [0.3, 0.4) is 0 Å². The lowest BCUT2D eigenvalue weighted by atomic mass is 9.80. The number of hydrogen-bond donors (Lipinski definition) is 2.